The first-order chi connectivity index (χ1) is 13.9. The number of rotatable bonds is 6. The van der Waals surface area contributed by atoms with E-state index in [9.17, 15) is 35.9 Å². The zero-order valence-electron chi connectivity index (χ0n) is 15.0. The number of hydrogen-bond donors (Lipinski definition) is 2. The summed E-state index contributed by atoms with van der Waals surface area (Å²) in [5, 5.41) is 2.38. The third kappa shape index (κ3) is 4.61. The van der Waals surface area contributed by atoms with Gasteiger partial charge in [-0.05, 0) is 37.3 Å². The molecule has 0 saturated carbocycles. The summed E-state index contributed by atoms with van der Waals surface area (Å²) in [7, 11) is 0. The number of alkyl halides is 3. The molecule has 0 spiro atoms. The lowest BCUT2D eigenvalue weighted by Crippen LogP contribution is -2.69. The van der Waals surface area contributed by atoms with E-state index in [2.05, 4.69) is 4.74 Å². The SMILES string of the molecule is CCOC(=O)C(NC(=O)c1c(F)cccc1F)(Nc1ccc(F)c(Cl)c1)C(F)(F)F. The minimum atomic E-state index is -5.57. The highest BCUT2D eigenvalue weighted by Gasteiger charge is 2.64. The molecule has 1 unspecified atom stereocenters. The second kappa shape index (κ2) is 8.82. The molecule has 0 saturated heterocycles. The first kappa shape index (κ1) is 23.3. The number of esters is 1. The monoisotopic (exact) mass is 454 g/mol. The Morgan fingerprint density at radius 2 is 1.63 bits per heavy atom. The third-order valence-electron chi connectivity index (χ3n) is 3.75. The number of benzene rings is 2. The van der Waals surface area contributed by atoms with Gasteiger partial charge in [0.15, 0.2) is 0 Å². The Morgan fingerprint density at radius 3 is 2.13 bits per heavy atom. The van der Waals surface area contributed by atoms with Crippen molar-refractivity contribution in [2.75, 3.05) is 11.9 Å². The van der Waals surface area contributed by atoms with Gasteiger partial charge in [0, 0.05) is 5.69 Å². The molecule has 2 aromatic rings. The van der Waals surface area contributed by atoms with Crippen LogP contribution in [0.3, 0.4) is 0 Å². The summed E-state index contributed by atoms with van der Waals surface area (Å²) in [5.41, 5.74) is -5.87. The van der Waals surface area contributed by atoms with E-state index in [1.807, 2.05) is 0 Å². The molecule has 30 heavy (non-hydrogen) atoms. The highest BCUT2D eigenvalue weighted by molar-refractivity contribution is 6.31. The molecule has 162 valence electrons. The van der Waals surface area contributed by atoms with E-state index < -0.39 is 64.0 Å². The third-order valence-corrected chi connectivity index (χ3v) is 4.04. The van der Waals surface area contributed by atoms with Gasteiger partial charge in [-0.25, -0.2) is 18.0 Å². The Morgan fingerprint density at radius 1 is 1.03 bits per heavy atom. The summed E-state index contributed by atoms with van der Waals surface area (Å²) in [6, 6.07) is 4.40. The average molecular weight is 455 g/mol. The summed E-state index contributed by atoms with van der Waals surface area (Å²) in [4.78, 5) is 24.6. The highest BCUT2D eigenvalue weighted by Crippen LogP contribution is 2.34. The molecule has 2 aromatic carbocycles. The normalized spacial score (nSPS) is 13.3. The minimum Gasteiger partial charge on any atom is -0.463 e. The molecule has 0 radical (unpaired) electrons. The van der Waals surface area contributed by atoms with Gasteiger partial charge in [0.25, 0.3) is 5.91 Å². The largest absolute Gasteiger partial charge is 0.463 e. The molecular formula is C18H13ClF6N2O3. The Hall–Kier alpha value is -2.95. The van der Waals surface area contributed by atoms with E-state index >= 15 is 0 Å². The average Bonchev–Trinajstić information content (AvgIpc) is 2.63. The van der Waals surface area contributed by atoms with Gasteiger partial charge in [-0.2, -0.15) is 13.2 Å². The summed E-state index contributed by atoms with van der Waals surface area (Å²) >= 11 is 5.54. The molecule has 12 heteroatoms. The van der Waals surface area contributed by atoms with Crippen molar-refractivity contribution in [1.29, 1.82) is 0 Å². The predicted molar refractivity (Wildman–Crippen MR) is 94.3 cm³/mol. The van der Waals surface area contributed by atoms with Crippen LogP contribution in [0.5, 0.6) is 0 Å². The summed E-state index contributed by atoms with van der Waals surface area (Å²) in [5.74, 6) is -7.80. The Bertz CT molecular complexity index is 949. The Labute approximate surface area is 171 Å². The van der Waals surface area contributed by atoms with Crippen LogP contribution in [0.15, 0.2) is 36.4 Å². The van der Waals surface area contributed by atoms with Crippen molar-refractivity contribution in [2.45, 2.75) is 18.8 Å². The van der Waals surface area contributed by atoms with Gasteiger partial charge in [-0.15, -0.1) is 0 Å². The number of carbonyl (C=O) groups excluding carboxylic acids is 2. The Kier molecular flexibility index (Phi) is 6.86. The molecule has 0 heterocycles. The van der Waals surface area contributed by atoms with Crippen LogP contribution in [0.2, 0.25) is 5.02 Å². The van der Waals surface area contributed by atoms with Crippen LogP contribution in [0.25, 0.3) is 0 Å². The molecule has 2 N–H and O–H groups in total. The standard InChI is InChI=1S/C18H13ClF6N2O3/c1-2-30-16(29)17(18(23,24)25,26-9-6-7-11(20)10(19)8-9)27-15(28)14-12(21)4-3-5-13(14)22/h3-8,26H,2H2,1H3,(H,27,28). The van der Waals surface area contributed by atoms with E-state index in [0.29, 0.717) is 24.3 Å². The fourth-order valence-corrected chi connectivity index (χ4v) is 2.55. The van der Waals surface area contributed by atoms with Crippen molar-refractivity contribution in [3.05, 3.63) is 64.4 Å². The first-order valence-electron chi connectivity index (χ1n) is 8.16. The van der Waals surface area contributed by atoms with E-state index in [1.54, 1.807) is 5.32 Å². The maximum absolute atomic E-state index is 14.0. The smallest absolute Gasteiger partial charge is 0.441 e. The molecular weight excluding hydrogens is 442 g/mol. The lowest BCUT2D eigenvalue weighted by Gasteiger charge is -2.35. The number of ether oxygens (including phenoxy) is 1. The second-order valence-corrected chi connectivity index (χ2v) is 6.18. The summed E-state index contributed by atoms with van der Waals surface area (Å²) in [6.07, 6.45) is -5.57. The number of amides is 1. The van der Waals surface area contributed by atoms with Crippen molar-refractivity contribution in [1.82, 2.24) is 5.32 Å². The lowest BCUT2D eigenvalue weighted by atomic mass is 10.1. The summed E-state index contributed by atoms with van der Waals surface area (Å²) in [6.45, 7) is 0.679. The number of nitrogens with one attached hydrogen (secondary N) is 2. The fourth-order valence-electron chi connectivity index (χ4n) is 2.37. The molecule has 0 aromatic heterocycles. The van der Waals surface area contributed by atoms with Crippen LogP contribution in [0.1, 0.15) is 17.3 Å². The highest BCUT2D eigenvalue weighted by atomic mass is 35.5. The predicted octanol–water partition coefficient (Wildman–Crippen LogP) is 4.42. The van der Waals surface area contributed by atoms with Gasteiger partial charge in [0.1, 0.15) is 23.0 Å². The van der Waals surface area contributed by atoms with Gasteiger partial charge in [-0.3, -0.25) is 4.79 Å². The van der Waals surface area contributed by atoms with Gasteiger partial charge >= 0.3 is 17.8 Å². The van der Waals surface area contributed by atoms with Crippen molar-refractivity contribution >= 4 is 29.2 Å². The van der Waals surface area contributed by atoms with Crippen LogP contribution in [-0.4, -0.2) is 30.3 Å². The maximum atomic E-state index is 14.0. The second-order valence-electron chi connectivity index (χ2n) is 5.77. The van der Waals surface area contributed by atoms with Crippen LogP contribution in [0.4, 0.5) is 32.0 Å². The van der Waals surface area contributed by atoms with Crippen LogP contribution in [0, 0.1) is 17.5 Å². The number of halogens is 7. The van der Waals surface area contributed by atoms with Gasteiger partial charge in [-0.1, -0.05) is 17.7 Å². The van der Waals surface area contributed by atoms with E-state index in [1.165, 1.54) is 12.2 Å². The number of hydrogen-bond acceptors (Lipinski definition) is 4. The zero-order chi connectivity index (χ0) is 22.7. The zero-order valence-corrected chi connectivity index (χ0v) is 15.8. The molecule has 2 rings (SSSR count). The van der Waals surface area contributed by atoms with Crippen molar-refractivity contribution < 1.29 is 40.7 Å². The molecule has 0 aliphatic rings. The number of carbonyl (C=O) groups is 2. The van der Waals surface area contributed by atoms with E-state index in [0.717, 1.165) is 12.1 Å². The van der Waals surface area contributed by atoms with Gasteiger partial charge in [0.2, 0.25) is 0 Å². The van der Waals surface area contributed by atoms with Crippen LogP contribution >= 0.6 is 11.6 Å². The fraction of sp³-hybridized carbons (Fsp3) is 0.222. The minimum absolute atomic E-state index is 0.521. The molecule has 0 aliphatic heterocycles. The van der Waals surface area contributed by atoms with Crippen molar-refractivity contribution in [3.63, 3.8) is 0 Å². The quantitative estimate of drug-likeness (QED) is 0.385. The van der Waals surface area contributed by atoms with Crippen LogP contribution < -0.4 is 10.6 Å². The van der Waals surface area contributed by atoms with Crippen molar-refractivity contribution in [3.8, 4) is 0 Å². The van der Waals surface area contributed by atoms with Crippen LogP contribution in [-0.2, 0) is 9.53 Å². The molecule has 0 bridgehead atoms. The van der Waals surface area contributed by atoms with Gasteiger partial charge < -0.3 is 15.4 Å². The lowest BCUT2D eigenvalue weighted by molar-refractivity contribution is -0.204. The molecule has 1 amide bonds. The first-order valence-corrected chi connectivity index (χ1v) is 8.54. The van der Waals surface area contributed by atoms with E-state index in [-0.39, 0.29) is 0 Å². The molecule has 0 aliphatic carbocycles. The topological polar surface area (TPSA) is 67.4 Å². The Balaban J connectivity index is 2.60. The molecule has 1 atom stereocenters. The van der Waals surface area contributed by atoms with Crippen molar-refractivity contribution in [2.24, 2.45) is 0 Å². The summed E-state index contributed by atoms with van der Waals surface area (Å²) < 4.78 is 87.6. The van der Waals surface area contributed by atoms with Gasteiger partial charge in [0.05, 0.1) is 11.6 Å². The number of anilines is 1. The van der Waals surface area contributed by atoms with E-state index in [4.69, 9.17) is 11.6 Å². The maximum Gasteiger partial charge on any atom is 0.441 e. The molecule has 0 fully saturated rings. The molecule has 5 nitrogen and oxygen atoms in total.